The molecule has 0 saturated carbocycles. The predicted octanol–water partition coefficient (Wildman–Crippen LogP) is 11.4. The number of methoxy groups -OCH3 is 2. The van der Waals surface area contributed by atoms with Gasteiger partial charge in [-0.05, 0) is 111 Å². The van der Waals surface area contributed by atoms with Gasteiger partial charge in [0.2, 0.25) is 11.6 Å². The third-order valence-electron chi connectivity index (χ3n) is 16.4. The molecule has 4 aliphatic rings. The molecule has 0 aliphatic carbocycles. The molecule has 1 aromatic rings. The van der Waals surface area contributed by atoms with E-state index in [1.165, 1.54) is 11.8 Å². The summed E-state index contributed by atoms with van der Waals surface area (Å²) in [6.45, 7) is 31.5. The lowest BCUT2D eigenvalue weighted by molar-refractivity contribution is -0.286. The molecule has 0 spiro atoms. The topological polar surface area (TPSA) is 267 Å². The van der Waals surface area contributed by atoms with Crippen LogP contribution >= 0.6 is 11.8 Å². The molecule has 16 atom stereocenters. The second-order valence-corrected chi connectivity index (χ2v) is 25.4. The standard InChI is InChI=1S/C27H48N4O6.C18H32O5.C13H20N6OS/c1-12-16(2)14-27(8,33-11)23(18(4)22-19(5)24(32)37-26(6,7)36-22)35-25-17(3)21(31(9)10)13-20(34-25)15-29-30-28;1-9-11(2)10-18(7,21-8)15(19)12(3)14-13(4)16(20)23-17(5,6)22-14;1-9-11(19(2)3)7-10(8-17-18-14)20-12(9)21-13-15-5-4-6-16-13/h16-18,20-21,23,25H,12-15H2,1-11H3;11-12,15,19H,9-10H2,1-8H3;4-6,9-12H,7-8H2,1-3H3/t16-,17?,18-,20?,21?,23+,25-,27+;11-,12-,15+,18+;9?,10?,11?,12-/m000/s1. The van der Waals surface area contributed by atoms with Crippen LogP contribution in [0.4, 0.5) is 0 Å². The summed E-state index contributed by atoms with van der Waals surface area (Å²) in [5, 5.41) is 19.0. The fraction of sp³-hybridized carbons (Fsp3) is 0.828. The van der Waals surface area contributed by atoms with E-state index in [1.807, 2.05) is 34.9 Å². The van der Waals surface area contributed by atoms with Crippen LogP contribution < -0.4 is 0 Å². The number of azide groups is 2. The van der Waals surface area contributed by atoms with Crippen LogP contribution in [0.2, 0.25) is 0 Å². The van der Waals surface area contributed by atoms with Crippen molar-refractivity contribution in [3.8, 4) is 0 Å². The lowest BCUT2D eigenvalue weighted by atomic mass is 9.80. The Hall–Kier alpha value is -4.25. The minimum atomic E-state index is -1.09. The summed E-state index contributed by atoms with van der Waals surface area (Å²) in [5.74, 6) is -1.47. The van der Waals surface area contributed by atoms with E-state index in [0.29, 0.717) is 58.2 Å². The van der Waals surface area contributed by atoms with Crippen LogP contribution in [0.1, 0.15) is 149 Å². The van der Waals surface area contributed by atoms with Crippen LogP contribution in [0, 0.1) is 35.5 Å². The Morgan fingerprint density at radius 3 is 1.60 bits per heavy atom. The third-order valence-corrected chi connectivity index (χ3v) is 17.6. The van der Waals surface area contributed by atoms with Crippen molar-refractivity contribution in [2.45, 2.75) is 225 Å². The third kappa shape index (κ3) is 19.9. The van der Waals surface area contributed by atoms with Gasteiger partial charge in [-0.3, -0.25) is 0 Å². The largest absolute Gasteiger partial charge is 0.456 e. The lowest BCUT2D eigenvalue weighted by Crippen LogP contribution is -2.56. The molecule has 6 unspecified atom stereocenters. The molecule has 0 aromatic carbocycles. The van der Waals surface area contributed by atoms with E-state index in [-0.39, 0.29) is 48.0 Å². The second-order valence-electron chi connectivity index (χ2n) is 24.3. The molecular weight excluding hydrogens is 1060 g/mol. The molecule has 81 heavy (non-hydrogen) atoms. The van der Waals surface area contributed by atoms with Crippen LogP contribution in [0.15, 0.2) is 56.5 Å². The van der Waals surface area contributed by atoms with Gasteiger partial charge in [0.15, 0.2) is 11.4 Å². The van der Waals surface area contributed by atoms with Crippen molar-refractivity contribution in [3.63, 3.8) is 0 Å². The Morgan fingerprint density at radius 1 is 0.741 bits per heavy atom. The first-order chi connectivity index (χ1) is 37.8. The zero-order valence-electron chi connectivity index (χ0n) is 52.8. The molecule has 2 saturated heterocycles. The van der Waals surface area contributed by atoms with Gasteiger partial charge < -0.3 is 57.5 Å². The first-order valence-electron chi connectivity index (χ1n) is 28.6. The highest BCUT2D eigenvalue weighted by Gasteiger charge is 2.50. The smallest absolute Gasteiger partial charge is 0.340 e. The molecule has 22 nitrogen and oxygen atoms in total. The summed E-state index contributed by atoms with van der Waals surface area (Å²) < 4.78 is 53.9. The highest BCUT2D eigenvalue weighted by molar-refractivity contribution is 7.99. The maximum atomic E-state index is 12.7. The molecule has 1 aromatic heterocycles. The maximum absolute atomic E-state index is 12.7. The number of hydrogen-bond acceptors (Lipinski definition) is 19. The van der Waals surface area contributed by atoms with Crippen molar-refractivity contribution in [1.82, 2.24) is 19.8 Å². The molecule has 2 fully saturated rings. The Balaban J connectivity index is 0.000000338. The van der Waals surface area contributed by atoms with Crippen LogP contribution in [0.5, 0.6) is 0 Å². The summed E-state index contributed by atoms with van der Waals surface area (Å²) in [6, 6.07) is 2.33. The van der Waals surface area contributed by atoms with E-state index in [4.69, 9.17) is 53.7 Å². The number of carbonyl (C=O) groups is 2. The fourth-order valence-corrected chi connectivity index (χ4v) is 12.2. The molecule has 0 bridgehead atoms. The molecule has 460 valence electrons. The number of carbonyl (C=O) groups excluding carboxylic acids is 2. The molecule has 5 rings (SSSR count). The molecule has 0 amide bonds. The van der Waals surface area contributed by atoms with Crippen molar-refractivity contribution in [2.24, 2.45) is 45.7 Å². The van der Waals surface area contributed by atoms with E-state index in [1.54, 1.807) is 74.2 Å². The zero-order chi connectivity index (χ0) is 61.4. The van der Waals surface area contributed by atoms with Crippen LogP contribution in [0.3, 0.4) is 0 Å². The quantitative estimate of drug-likeness (QED) is 0.0331. The molecule has 23 heteroatoms. The number of esters is 2. The Morgan fingerprint density at radius 2 is 1.17 bits per heavy atom. The van der Waals surface area contributed by atoms with Crippen LogP contribution in [0.25, 0.3) is 20.9 Å². The van der Waals surface area contributed by atoms with E-state index >= 15 is 0 Å². The number of rotatable bonds is 24. The summed E-state index contributed by atoms with van der Waals surface area (Å²) in [5.41, 5.74) is 16.7. The first-order valence-corrected chi connectivity index (χ1v) is 29.4. The molecule has 1 N–H and O–H groups in total. The summed E-state index contributed by atoms with van der Waals surface area (Å²) >= 11 is 1.53. The Kier molecular flexibility index (Phi) is 27.7. The number of aliphatic hydroxyl groups excluding tert-OH is 1. The molecule has 5 heterocycles. The van der Waals surface area contributed by atoms with Crippen LogP contribution in [-0.2, 0) is 52.2 Å². The highest BCUT2D eigenvalue weighted by Crippen LogP contribution is 2.43. The molecule has 4 aliphatic heterocycles. The minimum Gasteiger partial charge on any atom is -0.456 e. The van der Waals surface area contributed by atoms with Crippen molar-refractivity contribution >= 4 is 23.7 Å². The van der Waals surface area contributed by atoms with Gasteiger partial charge in [-0.15, -0.1) is 0 Å². The average Bonchev–Trinajstić information content (AvgIpc) is 3.55. The van der Waals surface area contributed by atoms with E-state index in [0.717, 1.165) is 38.5 Å². The number of ether oxygens (including phenoxy) is 9. The normalized spacial score (nSPS) is 28.2. The zero-order valence-corrected chi connectivity index (χ0v) is 53.6. The number of nitrogens with zero attached hydrogens (tertiary/aromatic N) is 10. The summed E-state index contributed by atoms with van der Waals surface area (Å²) in [7, 11) is 11.5. The number of hydrogen-bond donors (Lipinski definition) is 1. The summed E-state index contributed by atoms with van der Waals surface area (Å²) in [4.78, 5) is 43.3. The van der Waals surface area contributed by atoms with Gasteiger partial charge in [0.25, 0.3) is 0 Å². The second kappa shape index (κ2) is 31.6. The van der Waals surface area contributed by atoms with Gasteiger partial charge in [-0.25, -0.2) is 19.6 Å². The Labute approximate surface area is 487 Å². The Bertz CT molecular complexity index is 2330. The van der Waals surface area contributed by atoms with Crippen molar-refractivity contribution < 1.29 is 57.3 Å². The molecule has 0 radical (unpaired) electrons. The predicted molar refractivity (Wildman–Crippen MR) is 312 cm³/mol. The minimum absolute atomic E-state index is 0.0282. The van der Waals surface area contributed by atoms with Gasteiger partial charge in [0.05, 0.1) is 59.9 Å². The number of thioether (sulfide) groups is 1. The molecular formula is C58H100N10O12S. The number of cyclic esters (lactones) is 2. The van der Waals surface area contributed by atoms with E-state index in [2.05, 4.69) is 102 Å². The van der Waals surface area contributed by atoms with Gasteiger partial charge in [-0.1, -0.05) is 90.2 Å². The SMILES string of the molecule is CC1C(N(C)C)CC(CN=[N+]=[N-])O[C@H]1Sc1ncccn1.CC[C@H](C)C[C@@](C)(OC)[C@H](O)[C@@H](C)C1=C(C)C(=O)OC(C)(C)O1.CC[C@H](C)C[C@@](C)(OC)[C@H](O[C@@H]1OC(CN=[N+]=[N-])CC(N(C)C)C1C)[C@@H](C)C1=C(C)C(=O)OC(C)(C)O1. The van der Waals surface area contributed by atoms with Gasteiger partial charge in [0.1, 0.15) is 17.0 Å². The average molecular weight is 1160 g/mol. The van der Waals surface area contributed by atoms with Gasteiger partial charge in [0, 0.05) is 99.9 Å². The monoisotopic (exact) mass is 1160 g/mol. The maximum Gasteiger partial charge on any atom is 0.340 e. The van der Waals surface area contributed by atoms with Gasteiger partial charge in [-0.2, -0.15) is 0 Å². The first kappa shape index (κ1) is 71.0. The summed E-state index contributed by atoms with van der Waals surface area (Å²) in [6.07, 6.45) is 6.30. The van der Waals surface area contributed by atoms with Crippen molar-refractivity contribution in [3.05, 3.63) is 62.0 Å². The number of aliphatic hydroxyl groups is 1. The van der Waals surface area contributed by atoms with E-state index in [9.17, 15) is 14.7 Å². The van der Waals surface area contributed by atoms with Gasteiger partial charge >= 0.3 is 11.9 Å². The van der Waals surface area contributed by atoms with Crippen molar-refractivity contribution in [1.29, 1.82) is 0 Å². The number of aromatic nitrogens is 2. The van der Waals surface area contributed by atoms with Crippen molar-refractivity contribution in [2.75, 3.05) is 55.5 Å². The highest BCUT2D eigenvalue weighted by atomic mass is 32.2. The van der Waals surface area contributed by atoms with Crippen LogP contribution in [-0.4, -0.2) is 163 Å². The fourth-order valence-electron chi connectivity index (χ4n) is 11.1. The lowest BCUT2D eigenvalue weighted by Gasteiger charge is -2.48. The van der Waals surface area contributed by atoms with E-state index < -0.39 is 53.2 Å².